The van der Waals surface area contributed by atoms with Gasteiger partial charge in [0.25, 0.3) is 0 Å². The first kappa shape index (κ1) is 13.6. The van der Waals surface area contributed by atoms with E-state index in [1.54, 1.807) is 0 Å². The lowest BCUT2D eigenvalue weighted by Crippen LogP contribution is -2.39. The molecule has 100 valence electrons. The fourth-order valence-electron chi connectivity index (χ4n) is 2.36. The minimum atomic E-state index is -2.81. The average molecular weight is 267 g/mol. The van der Waals surface area contributed by atoms with Crippen LogP contribution in [0.25, 0.3) is 0 Å². The molecule has 0 amide bonds. The molecule has 1 aromatic rings. The van der Waals surface area contributed by atoms with Gasteiger partial charge in [-0.3, -0.25) is 0 Å². The summed E-state index contributed by atoms with van der Waals surface area (Å²) in [6, 6.07) is 6.50. The van der Waals surface area contributed by atoms with Gasteiger partial charge in [0.05, 0.1) is 11.5 Å². The normalized spacial score (nSPS) is 22.9. The van der Waals surface area contributed by atoms with Crippen LogP contribution in [-0.4, -0.2) is 26.0 Å². The van der Waals surface area contributed by atoms with Crippen LogP contribution < -0.4 is 5.32 Å². The summed E-state index contributed by atoms with van der Waals surface area (Å²) in [5.41, 5.74) is 3.80. The zero-order valence-corrected chi connectivity index (χ0v) is 11.9. The number of hydrogen-bond acceptors (Lipinski definition) is 3. The van der Waals surface area contributed by atoms with E-state index in [1.807, 2.05) is 0 Å². The molecule has 1 saturated heterocycles. The zero-order chi connectivity index (χ0) is 13.2. The van der Waals surface area contributed by atoms with E-state index in [0.29, 0.717) is 5.75 Å². The summed E-state index contributed by atoms with van der Waals surface area (Å²) in [5, 5.41) is 3.36. The summed E-state index contributed by atoms with van der Waals surface area (Å²) in [6.07, 6.45) is 1.75. The molecular formula is C14H21NO2S. The highest BCUT2D eigenvalue weighted by Gasteiger charge is 2.23. The fourth-order valence-corrected chi connectivity index (χ4v) is 4.03. The average Bonchev–Trinajstić information content (AvgIpc) is 2.29. The third-order valence-corrected chi connectivity index (χ3v) is 5.45. The van der Waals surface area contributed by atoms with Gasteiger partial charge >= 0.3 is 0 Å². The molecule has 0 aliphatic carbocycles. The largest absolute Gasteiger partial charge is 0.309 e. The smallest absolute Gasteiger partial charge is 0.151 e. The SMILES string of the molecule is Cc1ccc(CNC2CCCS(=O)(=O)C2)cc1C. The second kappa shape index (κ2) is 5.41. The van der Waals surface area contributed by atoms with E-state index in [1.165, 1.54) is 16.7 Å². The Morgan fingerprint density at radius 1 is 1.28 bits per heavy atom. The maximum Gasteiger partial charge on any atom is 0.151 e. The summed E-state index contributed by atoms with van der Waals surface area (Å²) in [6.45, 7) is 4.95. The molecule has 1 fully saturated rings. The molecule has 4 heteroatoms. The molecule has 1 unspecified atom stereocenters. The van der Waals surface area contributed by atoms with Gasteiger partial charge in [0.2, 0.25) is 0 Å². The Morgan fingerprint density at radius 3 is 2.72 bits per heavy atom. The Bertz CT molecular complexity index is 523. The molecule has 0 spiro atoms. The molecule has 1 aliphatic heterocycles. The van der Waals surface area contributed by atoms with Gasteiger partial charge in [0.15, 0.2) is 9.84 Å². The van der Waals surface area contributed by atoms with E-state index >= 15 is 0 Å². The minimum Gasteiger partial charge on any atom is -0.309 e. The quantitative estimate of drug-likeness (QED) is 0.911. The van der Waals surface area contributed by atoms with Crippen molar-refractivity contribution in [2.24, 2.45) is 0 Å². The van der Waals surface area contributed by atoms with Crippen LogP contribution in [0, 0.1) is 13.8 Å². The van der Waals surface area contributed by atoms with Crippen molar-refractivity contribution in [1.29, 1.82) is 0 Å². The summed E-state index contributed by atoms with van der Waals surface area (Å²) >= 11 is 0. The summed E-state index contributed by atoms with van der Waals surface area (Å²) in [5.74, 6) is 0.645. The Hall–Kier alpha value is -0.870. The highest BCUT2D eigenvalue weighted by Crippen LogP contribution is 2.14. The second-order valence-electron chi connectivity index (χ2n) is 5.25. The summed E-state index contributed by atoms with van der Waals surface area (Å²) in [7, 11) is -2.81. The molecule has 18 heavy (non-hydrogen) atoms. The third kappa shape index (κ3) is 3.56. The second-order valence-corrected chi connectivity index (χ2v) is 7.48. The van der Waals surface area contributed by atoms with Crippen molar-refractivity contribution in [2.45, 2.75) is 39.3 Å². The lowest BCUT2D eigenvalue weighted by Gasteiger charge is -2.23. The van der Waals surface area contributed by atoms with Crippen LogP contribution in [0.3, 0.4) is 0 Å². The highest BCUT2D eigenvalue weighted by atomic mass is 32.2. The van der Waals surface area contributed by atoms with Gasteiger partial charge in [0, 0.05) is 12.6 Å². The van der Waals surface area contributed by atoms with Crippen LogP contribution in [0.2, 0.25) is 0 Å². The Labute approximate surface area is 110 Å². The van der Waals surface area contributed by atoms with Crippen molar-refractivity contribution in [3.63, 3.8) is 0 Å². The van der Waals surface area contributed by atoms with Gasteiger partial charge in [-0.15, -0.1) is 0 Å². The standard InChI is InChI=1S/C14H21NO2S/c1-11-5-6-13(8-12(11)2)9-15-14-4-3-7-18(16,17)10-14/h5-6,8,14-15H,3-4,7,9-10H2,1-2H3. The van der Waals surface area contributed by atoms with Crippen LogP contribution in [-0.2, 0) is 16.4 Å². The van der Waals surface area contributed by atoms with Crippen LogP contribution in [0.4, 0.5) is 0 Å². The summed E-state index contributed by atoms with van der Waals surface area (Å²) < 4.78 is 23.1. The van der Waals surface area contributed by atoms with Crippen molar-refractivity contribution >= 4 is 9.84 Å². The molecule has 0 aromatic heterocycles. The van der Waals surface area contributed by atoms with E-state index in [4.69, 9.17) is 0 Å². The first-order valence-corrected chi connectivity index (χ1v) is 8.28. The maximum absolute atomic E-state index is 11.5. The molecule has 1 heterocycles. The van der Waals surface area contributed by atoms with E-state index in [-0.39, 0.29) is 11.8 Å². The minimum absolute atomic E-state index is 0.116. The third-order valence-electron chi connectivity index (χ3n) is 3.63. The molecule has 0 bridgehead atoms. The Morgan fingerprint density at radius 2 is 2.06 bits per heavy atom. The van der Waals surface area contributed by atoms with Crippen LogP contribution >= 0.6 is 0 Å². The fraction of sp³-hybridized carbons (Fsp3) is 0.571. The van der Waals surface area contributed by atoms with Gasteiger partial charge in [-0.2, -0.15) is 0 Å². The summed E-state index contributed by atoms with van der Waals surface area (Å²) in [4.78, 5) is 0. The van der Waals surface area contributed by atoms with E-state index < -0.39 is 9.84 Å². The predicted octanol–water partition coefficient (Wildman–Crippen LogP) is 1.97. The Kier molecular flexibility index (Phi) is 4.07. The van der Waals surface area contributed by atoms with Gasteiger partial charge in [-0.25, -0.2) is 8.42 Å². The van der Waals surface area contributed by atoms with Gasteiger partial charge in [-0.1, -0.05) is 18.2 Å². The molecule has 1 aliphatic rings. The van der Waals surface area contributed by atoms with Crippen molar-refractivity contribution in [3.05, 3.63) is 34.9 Å². The molecule has 0 radical (unpaired) electrons. The molecule has 1 N–H and O–H groups in total. The number of nitrogens with one attached hydrogen (secondary N) is 1. The van der Waals surface area contributed by atoms with Crippen molar-refractivity contribution in [2.75, 3.05) is 11.5 Å². The highest BCUT2D eigenvalue weighted by molar-refractivity contribution is 7.91. The first-order valence-electron chi connectivity index (χ1n) is 6.46. The van der Waals surface area contributed by atoms with Crippen LogP contribution in [0.15, 0.2) is 18.2 Å². The van der Waals surface area contributed by atoms with E-state index in [9.17, 15) is 8.42 Å². The van der Waals surface area contributed by atoms with Crippen LogP contribution in [0.1, 0.15) is 29.5 Å². The number of hydrogen-bond donors (Lipinski definition) is 1. The van der Waals surface area contributed by atoms with Crippen molar-refractivity contribution in [1.82, 2.24) is 5.32 Å². The van der Waals surface area contributed by atoms with Crippen molar-refractivity contribution in [3.8, 4) is 0 Å². The van der Waals surface area contributed by atoms with E-state index in [0.717, 1.165) is 19.4 Å². The molecule has 2 rings (SSSR count). The van der Waals surface area contributed by atoms with Gasteiger partial charge in [0.1, 0.15) is 0 Å². The lowest BCUT2D eigenvalue weighted by atomic mass is 10.1. The van der Waals surface area contributed by atoms with Gasteiger partial charge < -0.3 is 5.32 Å². The maximum atomic E-state index is 11.5. The molecular weight excluding hydrogens is 246 g/mol. The van der Waals surface area contributed by atoms with Crippen molar-refractivity contribution < 1.29 is 8.42 Å². The Balaban J connectivity index is 1.93. The van der Waals surface area contributed by atoms with Gasteiger partial charge in [-0.05, 0) is 43.4 Å². The first-order chi connectivity index (χ1) is 8.46. The molecule has 1 aromatic carbocycles. The number of aryl methyl sites for hydroxylation is 2. The monoisotopic (exact) mass is 267 g/mol. The zero-order valence-electron chi connectivity index (χ0n) is 11.1. The number of benzene rings is 1. The topological polar surface area (TPSA) is 46.2 Å². The molecule has 0 saturated carbocycles. The lowest BCUT2D eigenvalue weighted by molar-refractivity contribution is 0.480. The van der Waals surface area contributed by atoms with E-state index in [2.05, 4.69) is 37.4 Å². The predicted molar refractivity (Wildman–Crippen MR) is 74.4 cm³/mol. The number of rotatable bonds is 3. The van der Waals surface area contributed by atoms with Crippen LogP contribution in [0.5, 0.6) is 0 Å². The number of sulfone groups is 1. The molecule has 3 nitrogen and oxygen atoms in total. The molecule has 1 atom stereocenters.